The van der Waals surface area contributed by atoms with Gasteiger partial charge in [0.05, 0.1) is 18.8 Å². The Balaban J connectivity index is 1.22. The molecule has 10 heteroatoms. The summed E-state index contributed by atoms with van der Waals surface area (Å²) in [5.41, 5.74) is 1.76. The molecule has 2 aromatic carbocycles. The van der Waals surface area contributed by atoms with Crippen LogP contribution in [0.3, 0.4) is 0 Å². The van der Waals surface area contributed by atoms with E-state index in [9.17, 15) is 14.7 Å². The van der Waals surface area contributed by atoms with Gasteiger partial charge in [-0.15, -0.1) is 0 Å². The smallest absolute Gasteiger partial charge is 0.328 e. The Morgan fingerprint density at radius 1 is 1.11 bits per heavy atom. The van der Waals surface area contributed by atoms with Gasteiger partial charge >= 0.3 is 5.97 Å². The zero-order valence-corrected chi connectivity index (χ0v) is 22.7. The molecule has 38 heavy (non-hydrogen) atoms. The monoisotopic (exact) mass is 564 g/mol. The van der Waals surface area contributed by atoms with E-state index in [0.717, 1.165) is 54.8 Å². The molecule has 1 N–H and O–H groups in total. The summed E-state index contributed by atoms with van der Waals surface area (Å²) in [6.07, 6.45) is 3.79. The third kappa shape index (κ3) is 5.93. The topological polar surface area (TPSA) is 79.3 Å². The highest BCUT2D eigenvalue weighted by Crippen LogP contribution is 2.45. The van der Waals surface area contributed by atoms with Gasteiger partial charge in [0, 0.05) is 22.2 Å². The summed E-state index contributed by atoms with van der Waals surface area (Å²) in [6, 6.07) is 7.54. The summed E-state index contributed by atoms with van der Waals surface area (Å²) >= 11 is 12.4. The zero-order valence-electron chi connectivity index (χ0n) is 21.2. The molecule has 0 aromatic heterocycles. The molecule has 2 aliphatic heterocycles. The van der Waals surface area contributed by atoms with Crippen LogP contribution in [0, 0.1) is 11.7 Å². The predicted octanol–water partition coefficient (Wildman–Crippen LogP) is 5.75. The number of benzene rings is 2. The fraction of sp³-hybridized carbons (Fsp3) is 0.500. The highest BCUT2D eigenvalue weighted by molar-refractivity contribution is 6.34. The molecule has 1 aliphatic carbocycles. The normalized spacial score (nSPS) is 21.5. The number of halogens is 3. The zero-order chi connectivity index (χ0) is 27.0. The lowest BCUT2D eigenvalue weighted by molar-refractivity contribution is -0.141. The number of rotatable bonds is 8. The minimum Gasteiger partial charge on any atom is -0.493 e. The van der Waals surface area contributed by atoms with Gasteiger partial charge < -0.3 is 14.6 Å². The number of hydrogen-bond donors (Lipinski definition) is 1. The number of aliphatic carboxylic acids is 1. The van der Waals surface area contributed by atoms with Crippen LogP contribution in [0.2, 0.25) is 10.0 Å². The Morgan fingerprint density at radius 2 is 1.79 bits per heavy atom. The molecule has 2 aromatic rings. The molecule has 0 bridgehead atoms. The van der Waals surface area contributed by atoms with Crippen molar-refractivity contribution in [2.75, 3.05) is 33.0 Å². The lowest BCUT2D eigenvalue weighted by atomic mass is 9.95. The summed E-state index contributed by atoms with van der Waals surface area (Å²) in [4.78, 5) is 27.9. The highest BCUT2D eigenvalue weighted by Gasteiger charge is 2.38. The first kappa shape index (κ1) is 27.2. The van der Waals surface area contributed by atoms with Crippen LogP contribution < -0.4 is 4.74 Å². The number of carbonyl (C=O) groups excluding carboxylic acids is 1. The van der Waals surface area contributed by atoms with Gasteiger partial charge in [0.25, 0.3) is 5.91 Å². The maximum Gasteiger partial charge on any atom is 0.328 e. The molecule has 2 saturated heterocycles. The van der Waals surface area contributed by atoms with Crippen molar-refractivity contribution in [3.8, 4) is 5.75 Å². The second-order valence-electron chi connectivity index (χ2n) is 10.4. The van der Waals surface area contributed by atoms with Crippen molar-refractivity contribution in [1.82, 2.24) is 9.80 Å². The average Bonchev–Trinajstić information content (AvgIpc) is 3.61. The van der Waals surface area contributed by atoms with E-state index in [-0.39, 0.29) is 30.9 Å². The van der Waals surface area contributed by atoms with Gasteiger partial charge in [0.2, 0.25) is 0 Å². The van der Waals surface area contributed by atoms with Gasteiger partial charge in [-0.25, -0.2) is 9.18 Å². The Morgan fingerprint density at radius 3 is 2.42 bits per heavy atom. The standard InChI is InChI=1S/C28H31Cl2FN2O5/c1-16(19-8-20(29)10-21(30)9-19)32-6-4-17(5-7-32)13-38-26-12-24(31)23(11-22(26)18-2-3-18)27(34)33-15-37-14-25(33)28(35)36/h8-12,16-18,25H,2-7,13-15H2,1H3,(H,35,36)/t16-,25?/m0/s1. The van der Waals surface area contributed by atoms with E-state index in [0.29, 0.717) is 28.3 Å². The van der Waals surface area contributed by atoms with Crippen molar-refractivity contribution in [3.05, 3.63) is 62.9 Å². The number of carbonyl (C=O) groups is 2. The Bertz CT molecular complexity index is 1200. The van der Waals surface area contributed by atoms with E-state index >= 15 is 4.39 Å². The second-order valence-corrected chi connectivity index (χ2v) is 11.3. The summed E-state index contributed by atoms with van der Waals surface area (Å²) in [5.74, 6) is -1.54. The molecule has 7 nitrogen and oxygen atoms in total. The van der Waals surface area contributed by atoms with Gasteiger partial charge in [-0.3, -0.25) is 14.6 Å². The molecule has 2 heterocycles. The average molecular weight is 565 g/mol. The minimum atomic E-state index is -1.17. The molecule has 2 atom stereocenters. The van der Waals surface area contributed by atoms with E-state index in [1.807, 2.05) is 12.1 Å². The molecule has 1 amide bonds. The first-order chi connectivity index (χ1) is 18.2. The molecule has 1 unspecified atom stereocenters. The summed E-state index contributed by atoms with van der Waals surface area (Å²) in [5, 5.41) is 10.6. The first-order valence-corrected chi connectivity index (χ1v) is 13.7. The van der Waals surface area contributed by atoms with E-state index in [4.69, 9.17) is 32.7 Å². The molecule has 0 spiro atoms. The highest BCUT2D eigenvalue weighted by atomic mass is 35.5. The molecule has 1 saturated carbocycles. The maximum atomic E-state index is 15.1. The quantitative estimate of drug-likeness (QED) is 0.440. The van der Waals surface area contributed by atoms with Gasteiger partial charge in [0.15, 0.2) is 6.04 Å². The third-order valence-electron chi connectivity index (χ3n) is 7.81. The summed E-state index contributed by atoms with van der Waals surface area (Å²) < 4.78 is 26.4. The number of ether oxygens (including phenoxy) is 2. The fourth-order valence-corrected chi connectivity index (χ4v) is 5.86. The Kier molecular flexibility index (Phi) is 8.14. The second kappa shape index (κ2) is 11.4. The van der Waals surface area contributed by atoms with E-state index < -0.39 is 23.7 Å². The largest absolute Gasteiger partial charge is 0.493 e. The SMILES string of the molecule is C[C@@H](c1cc(Cl)cc(Cl)c1)N1CCC(COc2cc(F)c(C(=O)N3COCC3C(=O)O)cc2C2CC2)CC1. The van der Waals surface area contributed by atoms with Gasteiger partial charge in [-0.2, -0.15) is 0 Å². The lowest BCUT2D eigenvalue weighted by Gasteiger charge is -2.36. The molecular weight excluding hydrogens is 534 g/mol. The van der Waals surface area contributed by atoms with Crippen molar-refractivity contribution < 1.29 is 28.6 Å². The predicted molar refractivity (Wildman–Crippen MR) is 141 cm³/mol. The van der Waals surface area contributed by atoms with Crippen LogP contribution in [-0.4, -0.2) is 65.9 Å². The van der Waals surface area contributed by atoms with Crippen LogP contribution in [-0.2, 0) is 9.53 Å². The number of carboxylic acid groups (broad SMARTS) is 1. The molecule has 204 valence electrons. The van der Waals surface area contributed by atoms with Crippen LogP contribution in [0.4, 0.5) is 4.39 Å². The van der Waals surface area contributed by atoms with E-state index in [1.54, 1.807) is 12.1 Å². The first-order valence-electron chi connectivity index (χ1n) is 13.0. The van der Waals surface area contributed by atoms with Crippen molar-refractivity contribution >= 4 is 35.1 Å². The summed E-state index contributed by atoms with van der Waals surface area (Å²) in [7, 11) is 0. The fourth-order valence-electron chi connectivity index (χ4n) is 5.32. The number of hydrogen-bond acceptors (Lipinski definition) is 5. The lowest BCUT2D eigenvalue weighted by Crippen LogP contribution is -2.42. The van der Waals surface area contributed by atoms with Crippen molar-refractivity contribution in [3.63, 3.8) is 0 Å². The van der Waals surface area contributed by atoms with Crippen molar-refractivity contribution in [1.29, 1.82) is 0 Å². The van der Waals surface area contributed by atoms with Crippen LogP contribution in [0.1, 0.15) is 66.1 Å². The molecule has 5 rings (SSSR count). The molecular formula is C28H31Cl2FN2O5. The maximum absolute atomic E-state index is 15.1. The molecule has 3 fully saturated rings. The minimum absolute atomic E-state index is 0.107. The molecule has 0 radical (unpaired) electrons. The van der Waals surface area contributed by atoms with Gasteiger partial charge in [0.1, 0.15) is 18.3 Å². The number of likely N-dealkylation sites (tertiary alicyclic amines) is 1. The Hall–Kier alpha value is -2.39. The van der Waals surface area contributed by atoms with Gasteiger partial charge in [-0.05, 0) is 92.9 Å². The Labute approximate surface area is 231 Å². The van der Waals surface area contributed by atoms with Crippen LogP contribution >= 0.6 is 23.2 Å². The van der Waals surface area contributed by atoms with E-state index in [1.165, 1.54) is 6.07 Å². The van der Waals surface area contributed by atoms with Crippen LogP contribution in [0.5, 0.6) is 5.75 Å². The van der Waals surface area contributed by atoms with Crippen molar-refractivity contribution in [2.45, 2.75) is 50.6 Å². The van der Waals surface area contributed by atoms with Gasteiger partial charge in [-0.1, -0.05) is 23.2 Å². The number of piperidine rings is 1. The number of nitrogens with zero attached hydrogens (tertiary/aromatic N) is 2. The van der Waals surface area contributed by atoms with Crippen LogP contribution in [0.15, 0.2) is 30.3 Å². The molecule has 3 aliphatic rings. The van der Waals surface area contributed by atoms with E-state index in [2.05, 4.69) is 11.8 Å². The number of amides is 1. The third-order valence-corrected chi connectivity index (χ3v) is 8.25. The van der Waals surface area contributed by atoms with Crippen molar-refractivity contribution in [2.24, 2.45) is 5.92 Å². The summed E-state index contributed by atoms with van der Waals surface area (Å²) in [6.45, 7) is 4.15. The van der Waals surface area contributed by atoms with Crippen LogP contribution in [0.25, 0.3) is 0 Å². The number of carboxylic acids is 1.